The summed E-state index contributed by atoms with van der Waals surface area (Å²) in [6.07, 6.45) is 16.3. The maximum Gasteiger partial charge on any atom is 0.115 e. The summed E-state index contributed by atoms with van der Waals surface area (Å²) in [6.45, 7) is 2.32. The summed E-state index contributed by atoms with van der Waals surface area (Å²) in [5, 5.41) is 19.6. The summed E-state index contributed by atoms with van der Waals surface area (Å²) in [4.78, 5) is 0. The van der Waals surface area contributed by atoms with Crippen molar-refractivity contribution in [1.29, 1.82) is 0 Å². The predicted octanol–water partition coefficient (Wildman–Crippen LogP) is 7.96. The van der Waals surface area contributed by atoms with Gasteiger partial charge >= 0.3 is 0 Å². The van der Waals surface area contributed by atoms with E-state index in [0.29, 0.717) is 11.5 Å². The fourth-order valence-corrected chi connectivity index (χ4v) is 6.45. The number of phenolic OH excluding ortho intramolecular Hbond substituents is 2. The first-order valence-electron chi connectivity index (χ1n) is 12.7. The molecule has 0 saturated heterocycles. The van der Waals surface area contributed by atoms with Crippen LogP contribution in [0.1, 0.15) is 95.1 Å². The lowest BCUT2D eigenvalue weighted by atomic mass is 9.62. The van der Waals surface area contributed by atoms with Crippen LogP contribution in [-0.2, 0) is 5.41 Å². The molecular weight excluding hydrogens is 380 g/mol. The molecule has 168 valence electrons. The van der Waals surface area contributed by atoms with E-state index in [2.05, 4.69) is 31.2 Å². The van der Waals surface area contributed by atoms with Gasteiger partial charge in [-0.3, -0.25) is 0 Å². The Morgan fingerprint density at radius 2 is 1.00 bits per heavy atom. The highest BCUT2D eigenvalue weighted by Crippen LogP contribution is 2.48. The lowest BCUT2D eigenvalue weighted by molar-refractivity contribution is 0.209. The molecule has 2 N–H and O–H groups in total. The Kier molecular flexibility index (Phi) is 7.25. The number of hydrogen-bond donors (Lipinski definition) is 2. The van der Waals surface area contributed by atoms with E-state index in [0.717, 1.165) is 30.6 Å². The van der Waals surface area contributed by atoms with Crippen molar-refractivity contribution in [3.05, 3.63) is 59.7 Å². The molecule has 2 aromatic rings. The standard InChI is InChI=1S/C29H40O2/c1-2-3-22-4-6-23(7-5-22)8-9-24-18-20-29(21-19-24,25-10-14-27(30)15-11-25)26-12-16-28(31)17-13-26/h10-17,22-24,30-31H,2-9,18-21H2,1H3. The Labute approximate surface area is 188 Å². The first-order chi connectivity index (χ1) is 15.1. The van der Waals surface area contributed by atoms with Crippen LogP contribution in [-0.4, -0.2) is 10.2 Å². The summed E-state index contributed by atoms with van der Waals surface area (Å²) in [7, 11) is 0. The number of phenols is 2. The zero-order valence-electron chi connectivity index (χ0n) is 19.2. The molecular formula is C29H40O2. The van der Waals surface area contributed by atoms with Crippen LogP contribution < -0.4 is 0 Å². The third-order valence-corrected chi connectivity index (χ3v) is 8.44. The van der Waals surface area contributed by atoms with Gasteiger partial charge in [-0.2, -0.15) is 0 Å². The van der Waals surface area contributed by atoms with E-state index in [9.17, 15) is 10.2 Å². The van der Waals surface area contributed by atoms with E-state index >= 15 is 0 Å². The first kappa shape index (κ1) is 22.2. The smallest absolute Gasteiger partial charge is 0.115 e. The lowest BCUT2D eigenvalue weighted by Gasteiger charge is -2.42. The highest BCUT2D eigenvalue weighted by Gasteiger charge is 2.38. The number of rotatable bonds is 7. The maximum atomic E-state index is 9.79. The minimum Gasteiger partial charge on any atom is -0.508 e. The predicted molar refractivity (Wildman–Crippen MR) is 129 cm³/mol. The number of aromatic hydroxyl groups is 2. The minimum absolute atomic E-state index is 0.00386. The van der Waals surface area contributed by atoms with Crippen LogP contribution in [0, 0.1) is 17.8 Å². The molecule has 2 fully saturated rings. The highest BCUT2D eigenvalue weighted by molar-refractivity contribution is 5.43. The molecule has 4 rings (SSSR count). The van der Waals surface area contributed by atoms with Gasteiger partial charge in [-0.1, -0.05) is 82.6 Å². The third kappa shape index (κ3) is 5.27. The van der Waals surface area contributed by atoms with Crippen LogP contribution in [0.3, 0.4) is 0 Å². The molecule has 2 aliphatic carbocycles. The van der Waals surface area contributed by atoms with Gasteiger partial charge in [0.1, 0.15) is 11.5 Å². The molecule has 2 nitrogen and oxygen atoms in total. The van der Waals surface area contributed by atoms with Gasteiger partial charge < -0.3 is 10.2 Å². The topological polar surface area (TPSA) is 40.5 Å². The molecule has 2 aromatic carbocycles. The van der Waals surface area contributed by atoms with E-state index in [1.54, 1.807) is 0 Å². The van der Waals surface area contributed by atoms with Gasteiger partial charge in [-0.15, -0.1) is 0 Å². The molecule has 2 saturated carbocycles. The summed E-state index contributed by atoms with van der Waals surface area (Å²) < 4.78 is 0. The van der Waals surface area contributed by atoms with Gasteiger partial charge in [-0.05, 0) is 78.8 Å². The van der Waals surface area contributed by atoms with Crippen molar-refractivity contribution in [3.8, 4) is 11.5 Å². The average Bonchev–Trinajstić information content (AvgIpc) is 2.80. The molecule has 0 spiro atoms. The van der Waals surface area contributed by atoms with E-state index in [1.165, 1.54) is 75.3 Å². The molecule has 0 heterocycles. The van der Waals surface area contributed by atoms with Gasteiger partial charge in [0.15, 0.2) is 0 Å². The molecule has 2 aliphatic rings. The Morgan fingerprint density at radius 1 is 0.613 bits per heavy atom. The summed E-state index contributed by atoms with van der Waals surface area (Å²) >= 11 is 0. The van der Waals surface area contributed by atoms with Crippen LogP contribution >= 0.6 is 0 Å². The molecule has 0 atom stereocenters. The SMILES string of the molecule is CCCC1CCC(CCC2CCC(c3ccc(O)cc3)(c3ccc(O)cc3)CC2)CC1. The van der Waals surface area contributed by atoms with Crippen molar-refractivity contribution in [2.75, 3.05) is 0 Å². The Bertz CT molecular complexity index is 744. The number of hydrogen-bond acceptors (Lipinski definition) is 2. The van der Waals surface area contributed by atoms with Gasteiger partial charge in [0.25, 0.3) is 0 Å². The largest absolute Gasteiger partial charge is 0.508 e. The molecule has 0 radical (unpaired) electrons. The molecule has 0 amide bonds. The van der Waals surface area contributed by atoms with E-state index in [-0.39, 0.29) is 5.41 Å². The van der Waals surface area contributed by atoms with Crippen LogP contribution in [0.15, 0.2) is 48.5 Å². The molecule has 31 heavy (non-hydrogen) atoms. The van der Waals surface area contributed by atoms with Gasteiger partial charge in [-0.25, -0.2) is 0 Å². The second kappa shape index (κ2) is 10.1. The van der Waals surface area contributed by atoms with Crippen molar-refractivity contribution >= 4 is 0 Å². The van der Waals surface area contributed by atoms with Gasteiger partial charge in [0.2, 0.25) is 0 Å². The second-order valence-electron chi connectivity index (χ2n) is 10.4. The Morgan fingerprint density at radius 3 is 1.42 bits per heavy atom. The highest BCUT2D eigenvalue weighted by atomic mass is 16.3. The van der Waals surface area contributed by atoms with Crippen molar-refractivity contribution < 1.29 is 10.2 Å². The normalized spacial score (nSPS) is 24.2. The maximum absolute atomic E-state index is 9.79. The van der Waals surface area contributed by atoms with Crippen molar-refractivity contribution in [1.82, 2.24) is 0 Å². The monoisotopic (exact) mass is 420 g/mol. The first-order valence-corrected chi connectivity index (χ1v) is 12.7. The van der Waals surface area contributed by atoms with Crippen LogP contribution in [0.25, 0.3) is 0 Å². The zero-order valence-corrected chi connectivity index (χ0v) is 19.2. The molecule has 0 aromatic heterocycles. The minimum atomic E-state index is -0.00386. The second-order valence-corrected chi connectivity index (χ2v) is 10.4. The fraction of sp³-hybridized carbons (Fsp3) is 0.586. The van der Waals surface area contributed by atoms with E-state index in [4.69, 9.17) is 0 Å². The number of benzene rings is 2. The molecule has 0 unspecified atom stereocenters. The molecule has 0 aliphatic heterocycles. The Hall–Kier alpha value is -1.96. The van der Waals surface area contributed by atoms with Crippen molar-refractivity contribution in [2.24, 2.45) is 17.8 Å². The quantitative estimate of drug-likeness (QED) is 0.477. The van der Waals surface area contributed by atoms with E-state index < -0.39 is 0 Å². The van der Waals surface area contributed by atoms with Crippen molar-refractivity contribution in [3.63, 3.8) is 0 Å². The van der Waals surface area contributed by atoms with Crippen LogP contribution in [0.2, 0.25) is 0 Å². The van der Waals surface area contributed by atoms with Gasteiger partial charge in [0.05, 0.1) is 0 Å². The zero-order chi connectivity index (χ0) is 21.7. The van der Waals surface area contributed by atoms with Crippen LogP contribution in [0.5, 0.6) is 11.5 Å². The third-order valence-electron chi connectivity index (χ3n) is 8.44. The average molecular weight is 421 g/mol. The summed E-state index contributed by atoms with van der Waals surface area (Å²) in [5.74, 6) is 3.47. The fourth-order valence-electron chi connectivity index (χ4n) is 6.45. The summed E-state index contributed by atoms with van der Waals surface area (Å²) in [5.41, 5.74) is 2.59. The Balaban J connectivity index is 1.38. The van der Waals surface area contributed by atoms with Crippen molar-refractivity contribution in [2.45, 2.75) is 89.4 Å². The van der Waals surface area contributed by atoms with Crippen LogP contribution in [0.4, 0.5) is 0 Å². The van der Waals surface area contributed by atoms with Gasteiger partial charge in [0, 0.05) is 5.41 Å². The summed E-state index contributed by atoms with van der Waals surface area (Å²) in [6, 6.07) is 15.6. The van der Waals surface area contributed by atoms with E-state index in [1.807, 2.05) is 24.3 Å². The molecule has 2 heteroatoms. The molecule has 0 bridgehead atoms. The lowest BCUT2D eigenvalue weighted by Crippen LogP contribution is -2.33.